The number of hydrogen-bond donors (Lipinski definition) is 2. The van der Waals surface area contributed by atoms with E-state index in [4.69, 9.17) is 0 Å². The van der Waals surface area contributed by atoms with E-state index in [0.29, 0.717) is 25.3 Å². The van der Waals surface area contributed by atoms with Crippen molar-refractivity contribution in [1.29, 1.82) is 0 Å². The van der Waals surface area contributed by atoms with Gasteiger partial charge in [0.1, 0.15) is 0 Å². The third kappa shape index (κ3) is 4.41. The Morgan fingerprint density at radius 1 is 1.00 bits per heavy atom. The molecule has 0 spiro atoms. The third-order valence-corrected chi connectivity index (χ3v) is 7.43. The summed E-state index contributed by atoms with van der Waals surface area (Å²) in [6.07, 6.45) is 3.00. The average molecular weight is 494 g/mol. The Morgan fingerprint density at radius 3 is 2.65 bits per heavy atom. The molecule has 5 aromatic rings. The molecule has 37 heavy (non-hydrogen) atoms. The molecule has 0 saturated carbocycles. The lowest BCUT2D eigenvalue weighted by Gasteiger charge is -2.27. The van der Waals surface area contributed by atoms with Crippen LogP contribution in [0, 0.1) is 0 Å². The molecular formula is C30H31N5O2. The molecule has 188 valence electrons. The first-order valence-corrected chi connectivity index (χ1v) is 12.8. The van der Waals surface area contributed by atoms with E-state index >= 15 is 0 Å². The van der Waals surface area contributed by atoms with Gasteiger partial charge in [0.05, 0.1) is 13.2 Å². The van der Waals surface area contributed by atoms with E-state index in [2.05, 4.69) is 75.6 Å². The Balaban J connectivity index is 1.25. The first kappa shape index (κ1) is 23.5. The number of aryl methyl sites for hydroxylation is 1. The summed E-state index contributed by atoms with van der Waals surface area (Å²) in [4.78, 5) is 15.8. The first-order valence-electron chi connectivity index (χ1n) is 12.8. The quantitative estimate of drug-likeness (QED) is 0.359. The summed E-state index contributed by atoms with van der Waals surface area (Å²) < 4.78 is 3.99. The van der Waals surface area contributed by atoms with Crippen LogP contribution in [0.3, 0.4) is 0 Å². The van der Waals surface area contributed by atoms with E-state index in [1.807, 2.05) is 28.9 Å². The largest absolute Gasteiger partial charge is 0.394 e. The number of para-hydroxylation sites is 1. The van der Waals surface area contributed by atoms with Crippen molar-refractivity contribution in [2.24, 2.45) is 7.05 Å². The highest BCUT2D eigenvalue weighted by Gasteiger charge is 2.28. The van der Waals surface area contributed by atoms with Gasteiger partial charge in [0.2, 0.25) is 0 Å². The molecule has 3 heterocycles. The van der Waals surface area contributed by atoms with Gasteiger partial charge in [-0.15, -0.1) is 0 Å². The molecule has 0 fully saturated rings. The van der Waals surface area contributed by atoms with Crippen LogP contribution >= 0.6 is 0 Å². The van der Waals surface area contributed by atoms with E-state index in [-0.39, 0.29) is 12.5 Å². The van der Waals surface area contributed by atoms with Gasteiger partial charge in [-0.1, -0.05) is 60.7 Å². The molecule has 0 aliphatic carbocycles. The number of nitrogens with one attached hydrogen (secondary N) is 1. The van der Waals surface area contributed by atoms with Gasteiger partial charge in [-0.2, -0.15) is 5.10 Å². The number of carbonyl (C=O) groups is 1. The summed E-state index contributed by atoms with van der Waals surface area (Å²) in [6, 6.07) is 22.8. The predicted molar refractivity (Wildman–Crippen MR) is 145 cm³/mol. The molecule has 0 atom stereocenters. The molecule has 2 N–H and O–H groups in total. The molecule has 0 saturated heterocycles. The van der Waals surface area contributed by atoms with Crippen LogP contribution in [-0.4, -0.2) is 43.4 Å². The smallest absolute Gasteiger partial charge is 0.272 e. The topological polar surface area (TPSA) is 75.3 Å². The summed E-state index contributed by atoms with van der Waals surface area (Å²) in [6.45, 7) is 3.16. The summed E-state index contributed by atoms with van der Waals surface area (Å²) >= 11 is 0. The van der Waals surface area contributed by atoms with Crippen LogP contribution < -0.4 is 5.32 Å². The van der Waals surface area contributed by atoms with Crippen LogP contribution in [0.15, 0.2) is 72.9 Å². The fourth-order valence-corrected chi connectivity index (χ4v) is 5.64. The Morgan fingerprint density at radius 2 is 1.78 bits per heavy atom. The molecule has 2 aromatic heterocycles. The normalized spacial score (nSPS) is 13.8. The Hall–Kier alpha value is -3.94. The van der Waals surface area contributed by atoms with Gasteiger partial charge < -0.3 is 15.0 Å². The zero-order valence-corrected chi connectivity index (χ0v) is 21.0. The lowest BCUT2D eigenvalue weighted by atomic mass is 10.0. The molecule has 1 amide bonds. The highest BCUT2D eigenvalue weighted by Crippen LogP contribution is 2.27. The van der Waals surface area contributed by atoms with Gasteiger partial charge in [0, 0.05) is 68.0 Å². The van der Waals surface area contributed by atoms with E-state index in [1.54, 1.807) is 0 Å². The molecular weight excluding hydrogens is 462 g/mol. The van der Waals surface area contributed by atoms with Gasteiger partial charge in [0.15, 0.2) is 5.69 Å². The van der Waals surface area contributed by atoms with E-state index in [1.165, 1.54) is 16.5 Å². The molecule has 7 heteroatoms. The number of nitrogens with zero attached hydrogens (tertiary/aromatic N) is 4. The highest BCUT2D eigenvalue weighted by molar-refractivity contribution is 5.94. The number of aromatic nitrogens is 3. The average Bonchev–Trinajstić information content (AvgIpc) is 3.44. The van der Waals surface area contributed by atoms with Crippen LogP contribution in [-0.2, 0) is 39.6 Å². The summed E-state index contributed by atoms with van der Waals surface area (Å²) in [5.74, 6) is -0.173. The van der Waals surface area contributed by atoms with Crippen molar-refractivity contribution in [3.63, 3.8) is 0 Å². The zero-order valence-electron chi connectivity index (χ0n) is 21.0. The van der Waals surface area contributed by atoms with Gasteiger partial charge in [-0.3, -0.25) is 14.4 Å². The van der Waals surface area contributed by atoms with Crippen LogP contribution in [0.2, 0.25) is 0 Å². The number of aliphatic hydroxyl groups is 1. The third-order valence-electron chi connectivity index (χ3n) is 7.43. The first-order chi connectivity index (χ1) is 18.1. The number of rotatable bonds is 7. The number of hydrogen-bond acceptors (Lipinski definition) is 4. The van der Waals surface area contributed by atoms with E-state index in [0.717, 1.165) is 47.1 Å². The lowest BCUT2D eigenvalue weighted by Crippen LogP contribution is -2.32. The summed E-state index contributed by atoms with van der Waals surface area (Å²) in [5.41, 5.74) is 6.07. The SMILES string of the molecule is Cn1cc(CN2CCc3c(c(C(=O)NCc4cccc5ccccc45)nn3CCO)C2)c2ccccc21. The lowest BCUT2D eigenvalue weighted by molar-refractivity contribution is 0.0942. The number of fused-ring (bicyclic) bond motifs is 3. The van der Waals surface area contributed by atoms with Crippen LogP contribution in [0.25, 0.3) is 21.7 Å². The zero-order chi connectivity index (χ0) is 25.4. The monoisotopic (exact) mass is 493 g/mol. The van der Waals surface area contributed by atoms with Crippen LogP contribution in [0.5, 0.6) is 0 Å². The standard InChI is InChI=1S/C30H31N5O2/c1-33-18-23(25-11-4-5-12-27(25)33)19-34-14-13-28-26(20-34)29(32-35(28)15-16-36)30(37)31-17-22-9-6-8-21-7-2-3-10-24(21)22/h2-12,18,36H,13-17,19-20H2,1H3,(H,31,37). The number of carbonyl (C=O) groups excluding carboxylic acids is 1. The van der Waals surface area contributed by atoms with Gasteiger partial charge in [-0.25, -0.2) is 0 Å². The number of aliphatic hydroxyl groups excluding tert-OH is 1. The molecule has 1 aliphatic heterocycles. The molecule has 3 aromatic carbocycles. The van der Waals surface area contributed by atoms with Crippen molar-refractivity contribution in [2.45, 2.75) is 32.6 Å². The van der Waals surface area contributed by atoms with E-state index < -0.39 is 0 Å². The van der Waals surface area contributed by atoms with Crippen LogP contribution in [0.4, 0.5) is 0 Å². The minimum Gasteiger partial charge on any atom is -0.394 e. The second-order valence-corrected chi connectivity index (χ2v) is 9.78. The molecule has 0 bridgehead atoms. The van der Waals surface area contributed by atoms with Crippen molar-refractivity contribution in [3.05, 3.63) is 101 Å². The minimum absolute atomic E-state index is 0.00903. The maximum Gasteiger partial charge on any atom is 0.272 e. The summed E-state index contributed by atoms with van der Waals surface area (Å²) in [7, 11) is 2.08. The van der Waals surface area contributed by atoms with E-state index in [9.17, 15) is 9.90 Å². The number of benzene rings is 3. The number of amides is 1. The maximum absolute atomic E-state index is 13.4. The maximum atomic E-state index is 13.4. The summed E-state index contributed by atoms with van der Waals surface area (Å²) in [5, 5.41) is 20.9. The van der Waals surface area contributed by atoms with Gasteiger partial charge >= 0.3 is 0 Å². The minimum atomic E-state index is -0.173. The Bertz CT molecular complexity index is 1590. The van der Waals surface area contributed by atoms with Crippen molar-refractivity contribution < 1.29 is 9.90 Å². The fourth-order valence-electron chi connectivity index (χ4n) is 5.64. The van der Waals surface area contributed by atoms with Crippen molar-refractivity contribution in [1.82, 2.24) is 24.6 Å². The Kier molecular flexibility index (Phi) is 6.24. The predicted octanol–water partition coefficient (Wildman–Crippen LogP) is 4.01. The molecule has 6 rings (SSSR count). The van der Waals surface area contributed by atoms with Crippen LogP contribution in [0.1, 0.15) is 32.9 Å². The second-order valence-electron chi connectivity index (χ2n) is 9.78. The highest BCUT2D eigenvalue weighted by atomic mass is 16.3. The van der Waals surface area contributed by atoms with Gasteiger partial charge in [-0.05, 0) is 28.0 Å². The van der Waals surface area contributed by atoms with Crippen molar-refractivity contribution in [2.75, 3.05) is 13.2 Å². The fraction of sp³-hybridized carbons (Fsp3) is 0.267. The molecule has 0 unspecified atom stereocenters. The van der Waals surface area contributed by atoms with Crippen molar-refractivity contribution in [3.8, 4) is 0 Å². The Labute approximate surface area is 215 Å². The molecule has 1 aliphatic rings. The molecule has 0 radical (unpaired) electrons. The molecule has 7 nitrogen and oxygen atoms in total. The van der Waals surface area contributed by atoms with Gasteiger partial charge in [0.25, 0.3) is 5.91 Å². The van der Waals surface area contributed by atoms with Crippen molar-refractivity contribution >= 4 is 27.6 Å². The second kappa shape index (κ2) is 9.84.